The number of carbonyl (C=O) groups excluding carboxylic acids is 2. The normalized spacial score (nSPS) is 21.3. The first-order valence-corrected chi connectivity index (χ1v) is 13.3. The van der Waals surface area contributed by atoms with E-state index in [-0.39, 0.29) is 40.4 Å². The number of carbonyl (C=O) groups is 3. The van der Waals surface area contributed by atoms with Gasteiger partial charge < -0.3 is 25.2 Å². The summed E-state index contributed by atoms with van der Waals surface area (Å²) in [5, 5.41) is 21.8. The Balaban J connectivity index is 1.57. The van der Waals surface area contributed by atoms with Gasteiger partial charge in [-0.3, -0.25) is 9.69 Å². The van der Waals surface area contributed by atoms with Crippen molar-refractivity contribution in [3.05, 3.63) is 45.9 Å². The topological polar surface area (TPSA) is 119 Å². The minimum Gasteiger partial charge on any atom is -0.449 e. The third kappa shape index (κ3) is 5.85. The van der Waals surface area contributed by atoms with Crippen LogP contribution in [0.5, 0.6) is 5.75 Å². The maximum Gasteiger partial charge on any atom is 0.511 e. The van der Waals surface area contributed by atoms with Gasteiger partial charge in [-0.2, -0.15) is 0 Å². The number of nitrogens with one attached hydrogen (secondary N) is 1. The Hall–Kier alpha value is -3.01. The molecular weight excluding hydrogens is 533 g/mol. The van der Waals surface area contributed by atoms with Crippen LogP contribution in [0.15, 0.2) is 30.3 Å². The number of aliphatic hydroxyl groups is 1. The Morgan fingerprint density at radius 2 is 1.84 bits per heavy atom. The standard InChI is InChI=1S/C27H31Cl2N3O6/c1-30-26(35)31(2)24-20(9-10-22(23(24)29)38-27(36)37)15-3-4-16(21(28)14-15)13-17-11-12-32(25(17)34)18-5-7-19(33)8-6-18/h3-4,9-10,14,17-19,33H,5-8,11-13H2,1-2H3,(H,30,35)(H,36,37)/t17-,18?,19?/m0/s1. The second-order valence-corrected chi connectivity index (χ2v) is 10.5. The van der Waals surface area contributed by atoms with Crippen LogP contribution in [0.4, 0.5) is 15.3 Å². The van der Waals surface area contributed by atoms with Crippen molar-refractivity contribution in [2.45, 2.75) is 50.7 Å². The highest BCUT2D eigenvalue weighted by atomic mass is 35.5. The van der Waals surface area contributed by atoms with Crippen molar-refractivity contribution < 1.29 is 29.3 Å². The Morgan fingerprint density at radius 3 is 2.47 bits per heavy atom. The molecule has 204 valence electrons. The summed E-state index contributed by atoms with van der Waals surface area (Å²) >= 11 is 13.2. The van der Waals surface area contributed by atoms with Crippen LogP contribution in [0.3, 0.4) is 0 Å². The third-order valence-electron chi connectivity index (χ3n) is 7.42. The Morgan fingerprint density at radius 1 is 1.13 bits per heavy atom. The highest BCUT2D eigenvalue weighted by molar-refractivity contribution is 6.36. The number of urea groups is 1. The van der Waals surface area contributed by atoms with Crippen LogP contribution in [0, 0.1) is 5.92 Å². The van der Waals surface area contributed by atoms with Crippen LogP contribution in [0.1, 0.15) is 37.7 Å². The molecule has 2 aromatic carbocycles. The van der Waals surface area contributed by atoms with Gasteiger partial charge in [-0.1, -0.05) is 35.3 Å². The molecule has 2 aliphatic rings. The number of amides is 3. The minimum atomic E-state index is -1.53. The molecule has 2 aromatic rings. The predicted octanol–water partition coefficient (Wildman–Crippen LogP) is 5.19. The average molecular weight is 564 g/mol. The summed E-state index contributed by atoms with van der Waals surface area (Å²) in [6, 6.07) is 8.23. The molecule has 1 atom stereocenters. The molecule has 11 heteroatoms. The quantitative estimate of drug-likeness (QED) is 0.328. The van der Waals surface area contributed by atoms with Crippen molar-refractivity contribution >= 4 is 47.0 Å². The van der Waals surface area contributed by atoms with Gasteiger partial charge in [-0.05, 0) is 67.9 Å². The highest BCUT2D eigenvalue weighted by Gasteiger charge is 2.37. The lowest BCUT2D eigenvalue weighted by atomic mass is 9.92. The third-order valence-corrected chi connectivity index (χ3v) is 8.14. The maximum absolute atomic E-state index is 13.2. The molecule has 0 bridgehead atoms. The molecule has 0 aromatic heterocycles. The molecular formula is C27H31Cl2N3O6. The van der Waals surface area contributed by atoms with E-state index in [1.54, 1.807) is 12.1 Å². The summed E-state index contributed by atoms with van der Waals surface area (Å²) in [5.74, 6) is -0.114. The van der Waals surface area contributed by atoms with Gasteiger partial charge in [0.05, 0.1) is 11.8 Å². The Bertz CT molecular complexity index is 1230. The molecule has 1 aliphatic carbocycles. The number of carboxylic acid groups (broad SMARTS) is 1. The maximum atomic E-state index is 13.2. The number of halogens is 2. The summed E-state index contributed by atoms with van der Waals surface area (Å²) < 4.78 is 4.78. The summed E-state index contributed by atoms with van der Waals surface area (Å²) in [5.41, 5.74) is 2.31. The first-order chi connectivity index (χ1) is 18.1. The zero-order valence-electron chi connectivity index (χ0n) is 21.2. The molecule has 1 aliphatic heterocycles. The second kappa shape index (κ2) is 11.8. The molecule has 4 rings (SSSR count). The van der Waals surface area contributed by atoms with Crippen LogP contribution < -0.4 is 15.0 Å². The van der Waals surface area contributed by atoms with Crippen molar-refractivity contribution in [3.63, 3.8) is 0 Å². The Labute approximate surface area is 231 Å². The molecule has 38 heavy (non-hydrogen) atoms. The predicted molar refractivity (Wildman–Crippen MR) is 145 cm³/mol. The van der Waals surface area contributed by atoms with Gasteiger partial charge in [0.25, 0.3) is 0 Å². The van der Waals surface area contributed by atoms with E-state index < -0.39 is 12.2 Å². The summed E-state index contributed by atoms with van der Waals surface area (Å²) in [6.45, 7) is 0.721. The van der Waals surface area contributed by atoms with E-state index >= 15 is 0 Å². The zero-order valence-corrected chi connectivity index (χ0v) is 22.8. The number of ether oxygens (including phenoxy) is 1. The number of benzene rings is 2. The number of hydrogen-bond donors (Lipinski definition) is 3. The van der Waals surface area contributed by atoms with Crippen molar-refractivity contribution in [1.82, 2.24) is 10.2 Å². The fourth-order valence-electron chi connectivity index (χ4n) is 5.38. The van der Waals surface area contributed by atoms with E-state index in [1.807, 2.05) is 17.0 Å². The van der Waals surface area contributed by atoms with Gasteiger partial charge in [0.2, 0.25) is 5.91 Å². The molecule has 2 fully saturated rings. The fraction of sp³-hybridized carbons (Fsp3) is 0.444. The number of aliphatic hydroxyl groups excluding tert-OH is 1. The molecule has 0 radical (unpaired) electrons. The lowest BCUT2D eigenvalue weighted by Crippen LogP contribution is -2.41. The van der Waals surface area contributed by atoms with Gasteiger partial charge in [-0.15, -0.1) is 0 Å². The SMILES string of the molecule is CNC(=O)N(C)c1c(-c2ccc(C[C@@H]3CCN(C4CCC(O)CC4)C3=O)c(Cl)c2)ccc(OC(=O)O)c1Cl. The molecule has 1 saturated carbocycles. The number of nitrogens with zero attached hydrogens (tertiary/aromatic N) is 2. The van der Waals surface area contributed by atoms with Gasteiger partial charge in [0, 0.05) is 43.2 Å². The molecule has 9 nitrogen and oxygen atoms in total. The molecule has 0 spiro atoms. The highest BCUT2D eigenvalue weighted by Crippen LogP contribution is 2.43. The van der Waals surface area contributed by atoms with Crippen LogP contribution >= 0.6 is 23.2 Å². The number of likely N-dealkylation sites (tertiary alicyclic amines) is 1. The smallest absolute Gasteiger partial charge is 0.449 e. The van der Waals surface area contributed by atoms with Crippen molar-refractivity contribution in [2.75, 3.05) is 25.5 Å². The van der Waals surface area contributed by atoms with Gasteiger partial charge in [0.15, 0.2) is 5.75 Å². The van der Waals surface area contributed by atoms with E-state index in [0.717, 1.165) is 44.2 Å². The van der Waals surface area contributed by atoms with E-state index in [4.69, 9.17) is 33.0 Å². The summed E-state index contributed by atoms with van der Waals surface area (Å²) in [6.07, 6.45) is 2.62. The number of anilines is 1. The van der Waals surface area contributed by atoms with E-state index in [9.17, 15) is 19.5 Å². The van der Waals surface area contributed by atoms with Crippen molar-refractivity contribution in [2.24, 2.45) is 5.92 Å². The minimum absolute atomic E-state index is 0.0388. The number of rotatable bonds is 6. The molecule has 3 N–H and O–H groups in total. The first kappa shape index (κ1) is 28.0. The van der Waals surface area contributed by atoms with E-state index in [2.05, 4.69) is 5.32 Å². The van der Waals surface area contributed by atoms with Crippen molar-refractivity contribution in [1.29, 1.82) is 0 Å². The monoisotopic (exact) mass is 563 g/mol. The van der Waals surface area contributed by atoms with Crippen LogP contribution in [-0.2, 0) is 11.2 Å². The lowest BCUT2D eigenvalue weighted by molar-refractivity contribution is -0.133. The van der Waals surface area contributed by atoms with Gasteiger partial charge in [0.1, 0.15) is 5.02 Å². The summed E-state index contributed by atoms with van der Waals surface area (Å²) in [7, 11) is 2.98. The van der Waals surface area contributed by atoms with Crippen LogP contribution in [0.25, 0.3) is 11.1 Å². The van der Waals surface area contributed by atoms with Crippen LogP contribution in [-0.4, -0.2) is 66.0 Å². The fourth-order valence-corrected chi connectivity index (χ4v) is 5.97. The number of hydrogen-bond acceptors (Lipinski definition) is 5. The van der Waals surface area contributed by atoms with E-state index in [1.165, 1.54) is 25.1 Å². The van der Waals surface area contributed by atoms with Crippen LogP contribution in [0.2, 0.25) is 10.0 Å². The summed E-state index contributed by atoms with van der Waals surface area (Å²) in [4.78, 5) is 39.9. The molecule has 1 heterocycles. The first-order valence-electron chi connectivity index (χ1n) is 12.6. The van der Waals surface area contributed by atoms with Crippen molar-refractivity contribution in [3.8, 4) is 16.9 Å². The molecule has 0 unspecified atom stereocenters. The van der Waals surface area contributed by atoms with Gasteiger partial charge >= 0.3 is 12.2 Å². The van der Waals surface area contributed by atoms with E-state index in [0.29, 0.717) is 22.6 Å². The van der Waals surface area contributed by atoms with Gasteiger partial charge in [-0.25, -0.2) is 9.59 Å². The molecule has 1 saturated heterocycles. The lowest BCUT2D eigenvalue weighted by Gasteiger charge is -2.33. The Kier molecular flexibility index (Phi) is 8.70. The average Bonchev–Trinajstić information content (AvgIpc) is 3.25. The zero-order chi connectivity index (χ0) is 27.6. The second-order valence-electron chi connectivity index (χ2n) is 9.75. The largest absolute Gasteiger partial charge is 0.511 e. The molecule has 3 amide bonds.